The Bertz CT molecular complexity index is 758. The van der Waals surface area contributed by atoms with Crippen molar-refractivity contribution < 1.29 is 9.59 Å². The lowest BCUT2D eigenvalue weighted by atomic mass is 9.94. The van der Waals surface area contributed by atoms with Crippen LogP contribution in [0.4, 0.5) is 0 Å². The average molecular weight is 385 g/mol. The van der Waals surface area contributed by atoms with E-state index < -0.39 is 6.04 Å². The van der Waals surface area contributed by atoms with Gasteiger partial charge in [-0.3, -0.25) is 9.59 Å². The van der Waals surface area contributed by atoms with Gasteiger partial charge in [-0.1, -0.05) is 60.2 Å². The number of benzene rings is 1. The van der Waals surface area contributed by atoms with Crippen LogP contribution in [-0.4, -0.2) is 38.9 Å². The van der Waals surface area contributed by atoms with Gasteiger partial charge in [0.25, 0.3) is 5.91 Å². The molecule has 1 aliphatic rings. The molecular weight excluding hydrogens is 360 g/mol. The molecule has 1 aromatic heterocycles. The Balaban J connectivity index is 1.90. The van der Waals surface area contributed by atoms with Crippen LogP contribution in [-0.2, 0) is 4.79 Å². The molecule has 2 aromatic rings. The van der Waals surface area contributed by atoms with E-state index in [9.17, 15) is 9.59 Å². The zero-order valence-electron chi connectivity index (χ0n) is 15.2. The van der Waals surface area contributed by atoms with Gasteiger partial charge in [0.15, 0.2) is 5.69 Å². The van der Waals surface area contributed by atoms with Crippen molar-refractivity contribution in [1.82, 2.24) is 19.8 Å². The van der Waals surface area contributed by atoms with Crippen LogP contribution in [0.5, 0.6) is 0 Å². The molecule has 1 heterocycles. The second-order valence-corrected chi connectivity index (χ2v) is 7.30. The smallest absolute Gasteiger partial charge is 0.276 e. The molecule has 1 aliphatic carbocycles. The van der Waals surface area contributed by atoms with Gasteiger partial charge in [-0.15, -0.1) is 11.7 Å². The Morgan fingerprint density at radius 1 is 1.26 bits per heavy atom. The first kappa shape index (κ1) is 19.2. The number of carbonyl (C=O) groups excluding carboxylic acids is 2. The molecule has 2 amide bonds. The number of amides is 2. The molecule has 0 saturated heterocycles. The SMILES string of the molecule is C=CCN(C(=O)c1csnn1)[C@@H](C(=O)NC1CCCCC1)c1ccccc1. The highest BCUT2D eigenvalue weighted by Crippen LogP contribution is 2.25. The van der Waals surface area contributed by atoms with Gasteiger partial charge in [-0.05, 0) is 29.9 Å². The van der Waals surface area contributed by atoms with E-state index in [1.165, 1.54) is 11.3 Å². The maximum Gasteiger partial charge on any atom is 0.276 e. The lowest BCUT2D eigenvalue weighted by molar-refractivity contribution is -0.126. The third-order valence-corrected chi connectivity index (χ3v) is 5.30. The summed E-state index contributed by atoms with van der Waals surface area (Å²) in [6, 6.07) is 8.80. The lowest BCUT2D eigenvalue weighted by Crippen LogP contribution is -2.47. The monoisotopic (exact) mass is 384 g/mol. The highest BCUT2D eigenvalue weighted by Gasteiger charge is 2.33. The van der Waals surface area contributed by atoms with Crippen molar-refractivity contribution in [2.24, 2.45) is 0 Å². The Morgan fingerprint density at radius 2 is 2.00 bits per heavy atom. The molecular formula is C20H24N4O2S. The van der Waals surface area contributed by atoms with Crippen LogP contribution in [0.3, 0.4) is 0 Å². The van der Waals surface area contributed by atoms with E-state index in [-0.39, 0.29) is 30.1 Å². The number of rotatable bonds is 7. The van der Waals surface area contributed by atoms with E-state index in [2.05, 4.69) is 21.5 Å². The Kier molecular flexibility index (Phi) is 6.70. The summed E-state index contributed by atoms with van der Waals surface area (Å²) in [6.45, 7) is 4.00. The van der Waals surface area contributed by atoms with E-state index in [1.54, 1.807) is 11.5 Å². The summed E-state index contributed by atoms with van der Waals surface area (Å²) in [6.07, 6.45) is 7.06. The summed E-state index contributed by atoms with van der Waals surface area (Å²) in [5.74, 6) is -0.484. The molecule has 1 aromatic carbocycles. The van der Waals surface area contributed by atoms with Crippen LogP contribution in [0.2, 0.25) is 0 Å². The number of nitrogens with one attached hydrogen (secondary N) is 1. The summed E-state index contributed by atoms with van der Waals surface area (Å²) >= 11 is 1.11. The molecule has 0 radical (unpaired) electrons. The Labute approximate surface area is 163 Å². The molecule has 3 rings (SSSR count). The fourth-order valence-corrected chi connectivity index (χ4v) is 3.91. The second kappa shape index (κ2) is 9.41. The average Bonchev–Trinajstić information content (AvgIpc) is 3.23. The minimum absolute atomic E-state index is 0.161. The topological polar surface area (TPSA) is 75.2 Å². The fourth-order valence-electron chi connectivity index (χ4n) is 3.48. The number of nitrogens with zero attached hydrogens (tertiary/aromatic N) is 3. The van der Waals surface area contributed by atoms with E-state index in [1.807, 2.05) is 30.3 Å². The van der Waals surface area contributed by atoms with Crippen molar-refractivity contribution in [3.63, 3.8) is 0 Å². The minimum atomic E-state index is -0.736. The zero-order chi connectivity index (χ0) is 19.1. The fraction of sp³-hybridized carbons (Fsp3) is 0.400. The Hall–Kier alpha value is -2.54. The summed E-state index contributed by atoms with van der Waals surface area (Å²) in [7, 11) is 0. The first-order valence-electron chi connectivity index (χ1n) is 9.25. The third kappa shape index (κ3) is 4.80. The molecule has 0 unspecified atom stereocenters. The van der Waals surface area contributed by atoms with Crippen molar-refractivity contribution in [3.8, 4) is 0 Å². The van der Waals surface area contributed by atoms with Gasteiger partial charge in [-0.25, -0.2) is 0 Å². The van der Waals surface area contributed by atoms with E-state index in [0.717, 1.165) is 42.8 Å². The van der Waals surface area contributed by atoms with Crippen molar-refractivity contribution in [1.29, 1.82) is 0 Å². The van der Waals surface area contributed by atoms with Gasteiger partial charge in [0.1, 0.15) is 6.04 Å². The maximum absolute atomic E-state index is 13.2. The minimum Gasteiger partial charge on any atom is -0.351 e. The number of hydrogen-bond acceptors (Lipinski definition) is 5. The predicted octanol–water partition coefficient (Wildman–Crippen LogP) is 3.36. The molecule has 142 valence electrons. The first-order chi connectivity index (χ1) is 13.2. The van der Waals surface area contributed by atoms with E-state index in [0.29, 0.717) is 0 Å². The lowest BCUT2D eigenvalue weighted by Gasteiger charge is -2.32. The zero-order valence-corrected chi connectivity index (χ0v) is 16.0. The second-order valence-electron chi connectivity index (χ2n) is 6.69. The normalized spacial score (nSPS) is 15.7. The molecule has 1 fully saturated rings. The van der Waals surface area contributed by atoms with E-state index >= 15 is 0 Å². The summed E-state index contributed by atoms with van der Waals surface area (Å²) < 4.78 is 3.77. The highest BCUT2D eigenvalue weighted by molar-refractivity contribution is 7.03. The van der Waals surface area contributed by atoms with Crippen molar-refractivity contribution >= 4 is 23.3 Å². The van der Waals surface area contributed by atoms with Crippen molar-refractivity contribution in [3.05, 3.63) is 59.6 Å². The van der Waals surface area contributed by atoms with Crippen LogP contribution in [0.25, 0.3) is 0 Å². The quantitative estimate of drug-likeness (QED) is 0.743. The Morgan fingerprint density at radius 3 is 2.63 bits per heavy atom. The van der Waals surface area contributed by atoms with Gasteiger partial charge in [0.2, 0.25) is 5.91 Å². The standard InChI is InChI=1S/C20H24N4O2S/c1-2-13-24(20(26)17-14-27-23-22-17)18(15-9-5-3-6-10-15)19(25)21-16-11-7-4-8-12-16/h2-3,5-6,9-10,14,16,18H,1,4,7-8,11-13H2,(H,21,25)/t18-/m1/s1. The van der Waals surface area contributed by atoms with Crippen LogP contribution in [0.1, 0.15) is 54.2 Å². The van der Waals surface area contributed by atoms with Crippen LogP contribution in [0.15, 0.2) is 48.4 Å². The molecule has 0 aliphatic heterocycles. The van der Waals surface area contributed by atoms with Gasteiger partial charge in [0.05, 0.1) is 0 Å². The molecule has 7 heteroatoms. The van der Waals surface area contributed by atoms with E-state index in [4.69, 9.17) is 0 Å². The van der Waals surface area contributed by atoms with Crippen molar-refractivity contribution in [2.75, 3.05) is 6.54 Å². The number of hydrogen-bond donors (Lipinski definition) is 1. The molecule has 6 nitrogen and oxygen atoms in total. The predicted molar refractivity (Wildman–Crippen MR) is 105 cm³/mol. The van der Waals surface area contributed by atoms with Crippen LogP contribution < -0.4 is 5.32 Å². The molecule has 1 atom stereocenters. The van der Waals surface area contributed by atoms with Crippen molar-refractivity contribution in [2.45, 2.75) is 44.2 Å². The van der Waals surface area contributed by atoms with Gasteiger partial charge in [0, 0.05) is 18.0 Å². The molecule has 1 N–H and O–H groups in total. The first-order valence-corrected chi connectivity index (χ1v) is 10.1. The number of carbonyl (C=O) groups is 2. The summed E-state index contributed by atoms with van der Waals surface area (Å²) in [4.78, 5) is 27.8. The van der Waals surface area contributed by atoms with Gasteiger partial charge < -0.3 is 10.2 Å². The summed E-state index contributed by atoms with van der Waals surface area (Å²) in [5.41, 5.74) is 1.01. The molecule has 0 bridgehead atoms. The third-order valence-electron chi connectivity index (χ3n) is 4.79. The molecule has 0 spiro atoms. The van der Waals surface area contributed by atoms with Gasteiger partial charge in [-0.2, -0.15) is 0 Å². The summed E-state index contributed by atoms with van der Waals surface area (Å²) in [5, 5.41) is 8.63. The maximum atomic E-state index is 13.2. The van der Waals surface area contributed by atoms with Crippen LogP contribution >= 0.6 is 11.5 Å². The largest absolute Gasteiger partial charge is 0.351 e. The molecule has 1 saturated carbocycles. The number of aromatic nitrogens is 2. The van der Waals surface area contributed by atoms with Crippen LogP contribution in [0, 0.1) is 0 Å². The molecule has 27 heavy (non-hydrogen) atoms. The highest BCUT2D eigenvalue weighted by atomic mass is 32.1. The van der Waals surface area contributed by atoms with Gasteiger partial charge >= 0.3 is 0 Å².